The predicted molar refractivity (Wildman–Crippen MR) is 117 cm³/mol. The fourth-order valence-corrected chi connectivity index (χ4v) is 5.90. The average molecular weight is 399 g/mol. The van der Waals surface area contributed by atoms with E-state index >= 15 is 0 Å². The number of amides is 1. The first kappa shape index (κ1) is 20.9. The first-order valence-corrected chi connectivity index (χ1v) is 11.8. The summed E-state index contributed by atoms with van der Waals surface area (Å²) >= 11 is 0. The zero-order valence-electron chi connectivity index (χ0n) is 18.1. The zero-order chi connectivity index (χ0) is 20.3. The van der Waals surface area contributed by atoms with Crippen LogP contribution in [0.3, 0.4) is 0 Å². The number of nitrogens with zero attached hydrogens (tertiary/aromatic N) is 2. The maximum Gasteiger partial charge on any atom is 0.225 e. The maximum absolute atomic E-state index is 12.9. The standard InChI is InChI=1S/C25H38N2O2/c1-2-20-8-10-21(11-9-20)17-26-18-23(28)16-25(19-26)12-14-27(15-13-25)24(29)22-6-4-3-5-7-22/h8-11,22-23,28H,2-7,12-19H2,1H3. The Kier molecular flexibility index (Phi) is 6.60. The highest BCUT2D eigenvalue weighted by Crippen LogP contribution is 2.41. The molecule has 2 heterocycles. The van der Waals surface area contributed by atoms with Crippen molar-refractivity contribution in [1.82, 2.24) is 9.80 Å². The van der Waals surface area contributed by atoms with Crippen molar-refractivity contribution in [1.29, 1.82) is 0 Å². The molecule has 160 valence electrons. The molecule has 4 nitrogen and oxygen atoms in total. The Labute approximate surface area is 176 Å². The summed E-state index contributed by atoms with van der Waals surface area (Å²) < 4.78 is 0. The molecule has 0 radical (unpaired) electrons. The summed E-state index contributed by atoms with van der Waals surface area (Å²) in [6, 6.07) is 8.91. The van der Waals surface area contributed by atoms with E-state index in [0.29, 0.717) is 5.91 Å². The van der Waals surface area contributed by atoms with E-state index in [-0.39, 0.29) is 17.4 Å². The number of benzene rings is 1. The van der Waals surface area contributed by atoms with E-state index in [9.17, 15) is 9.90 Å². The molecule has 2 saturated heterocycles. The van der Waals surface area contributed by atoms with Gasteiger partial charge in [0.25, 0.3) is 0 Å². The quantitative estimate of drug-likeness (QED) is 0.834. The largest absolute Gasteiger partial charge is 0.392 e. The Hall–Kier alpha value is -1.39. The fourth-order valence-electron chi connectivity index (χ4n) is 5.90. The van der Waals surface area contributed by atoms with Gasteiger partial charge in [0.2, 0.25) is 5.91 Å². The van der Waals surface area contributed by atoms with Gasteiger partial charge >= 0.3 is 0 Å². The van der Waals surface area contributed by atoms with Gasteiger partial charge in [-0.05, 0) is 55.1 Å². The molecule has 1 N–H and O–H groups in total. The average Bonchev–Trinajstić information content (AvgIpc) is 2.74. The smallest absolute Gasteiger partial charge is 0.225 e. The normalized spacial score (nSPS) is 26.0. The van der Waals surface area contributed by atoms with Crippen molar-refractivity contribution >= 4 is 5.91 Å². The first-order valence-electron chi connectivity index (χ1n) is 11.8. The highest BCUT2D eigenvalue weighted by Gasteiger charge is 2.42. The van der Waals surface area contributed by atoms with E-state index in [4.69, 9.17) is 0 Å². The second-order valence-corrected chi connectivity index (χ2v) is 9.86. The predicted octanol–water partition coefficient (Wildman–Crippen LogP) is 4.00. The second-order valence-electron chi connectivity index (χ2n) is 9.86. The van der Waals surface area contributed by atoms with E-state index in [1.54, 1.807) is 0 Å². The van der Waals surface area contributed by atoms with E-state index in [1.165, 1.54) is 30.4 Å². The lowest BCUT2D eigenvalue weighted by Crippen LogP contribution is -2.54. The Bertz CT molecular complexity index is 673. The van der Waals surface area contributed by atoms with Crippen LogP contribution in [0.1, 0.15) is 69.4 Å². The molecule has 1 spiro atoms. The molecule has 1 unspecified atom stereocenters. The van der Waals surface area contributed by atoms with Gasteiger partial charge in [-0.2, -0.15) is 0 Å². The van der Waals surface area contributed by atoms with Gasteiger partial charge in [-0.15, -0.1) is 0 Å². The van der Waals surface area contributed by atoms with Crippen molar-refractivity contribution in [3.8, 4) is 0 Å². The Morgan fingerprint density at radius 3 is 2.38 bits per heavy atom. The number of hydrogen-bond donors (Lipinski definition) is 1. The molecular weight excluding hydrogens is 360 g/mol. The molecule has 1 amide bonds. The molecule has 2 aliphatic heterocycles. The van der Waals surface area contributed by atoms with Crippen LogP contribution >= 0.6 is 0 Å². The van der Waals surface area contributed by atoms with Gasteiger partial charge in [0.05, 0.1) is 6.10 Å². The van der Waals surface area contributed by atoms with E-state index < -0.39 is 0 Å². The molecule has 1 aromatic rings. The molecular formula is C25H38N2O2. The molecule has 0 aromatic heterocycles. The van der Waals surface area contributed by atoms with Crippen molar-refractivity contribution < 1.29 is 9.90 Å². The highest BCUT2D eigenvalue weighted by molar-refractivity contribution is 5.79. The Morgan fingerprint density at radius 2 is 1.72 bits per heavy atom. The number of aliphatic hydroxyl groups excluding tert-OH is 1. The first-order chi connectivity index (χ1) is 14.1. The molecule has 1 saturated carbocycles. The number of aryl methyl sites for hydroxylation is 1. The summed E-state index contributed by atoms with van der Waals surface area (Å²) in [5.74, 6) is 0.682. The van der Waals surface area contributed by atoms with Crippen LogP contribution in [0.2, 0.25) is 0 Å². The van der Waals surface area contributed by atoms with Crippen LogP contribution in [0.5, 0.6) is 0 Å². The van der Waals surface area contributed by atoms with Crippen molar-refractivity contribution in [2.24, 2.45) is 11.3 Å². The van der Waals surface area contributed by atoms with Gasteiger partial charge in [-0.25, -0.2) is 0 Å². The summed E-state index contributed by atoms with van der Waals surface area (Å²) in [5, 5.41) is 10.6. The number of carbonyl (C=O) groups excluding carboxylic acids is 1. The van der Waals surface area contributed by atoms with Crippen LogP contribution in [0.4, 0.5) is 0 Å². The van der Waals surface area contributed by atoms with Crippen molar-refractivity contribution in [2.45, 2.75) is 77.4 Å². The lowest BCUT2D eigenvalue weighted by molar-refractivity contribution is -0.140. The van der Waals surface area contributed by atoms with Crippen LogP contribution in [0, 0.1) is 11.3 Å². The van der Waals surface area contributed by atoms with Gasteiger partial charge in [-0.3, -0.25) is 9.69 Å². The monoisotopic (exact) mass is 398 g/mol. The summed E-state index contributed by atoms with van der Waals surface area (Å²) in [6.07, 6.45) is 9.69. The number of β-amino-alcohol motifs (C(OH)–C–C–N with tert-alkyl or cyclic N) is 1. The molecule has 1 atom stereocenters. The molecule has 4 heteroatoms. The zero-order valence-corrected chi connectivity index (χ0v) is 18.1. The molecule has 1 aromatic carbocycles. The summed E-state index contributed by atoms with van der Waals surface area (Å²) in [5.41, 5.74) is 2.87. The third-order valence-corrected chi connectivity index (χ3v) is 7.62. The minimum Gasteiger partial charge on any atom is -0.392 e. The van der Waals surface area contributed by atoms with Crippen molar-refractivity contribution in [3.63, 3.8) is 0 Å². The number of piperidine rings is 2. The lowest BCUT2D eigenvalue weighted by Gasteiger charge is -2.49. The number of rotatable bonds is 4. The second kappa shape index (κ2) is 9.18. The van der Waals surface area contributed by atoms with Crippen molar-refractivity contribution in [2.75, 3.05) is 26.2 Å². The number of hydrogen-bond acceptors (Lipinski definition) is 3. The molecule has 4 rings (SSSR count). The topological polar surface area (TPSA) is 43.8 Å². The SMILES string of the molecule is CCc1ccc(CN2CC(O)CC3(CCN(C(=O)C4CCCCC4)CC3)C2)cc1. The van der Waals surface area contributed by atoms with E-state index in [1.807, 2.05) is 0 Å². The van der Waals surface area contributed by atoms with Crippen molar-refractivity contribution in [3.05, 3.63) is 35.4 Å². The molecule has 3 fully saturated rings. The van der Waals surface area contributed by atoms with Gasteiger partial charge in [0.1, 0.15) is 0 Å². The van der Waals surface area contributed by atoms with E-state index in [0.717, 1.165) is 71.2 Å². The van der Waals surface area contributed by atoms with Gasteiger partial charge in [0.15, 0.2) is 0 Å². The van der Waals surface area contributed by atoms with Gasteiger partial charge in [0, 0.05) is 38.6 Å². The van der Waals surface area contributed by atoms with Gasteiger partial charge < -0.3 is 10.0 Å². The van der Waals surface area contributed by atoms with E-state index in [2.05, 4.69) is 41.0 Å². The third kappa shape index (κ3) is 5.03. The number of carbonyl (C=O) groups is 1. The summed E-state index contributed by atoms with van der Waals surface area (Å²) in [7, 11) is 0. The molecule has 29 heavy (non-hydrogen) atoms. The Balaban J connectivity index is 1.34. The summed E-state index contributed by atoms with van der Waals surface area (Å²) in [4.78, 5) is 17.5. The molecule has 3 aliphatic rings. The van der Waals surface area contributed by atoms with Crippen LogP contribution in [0.15, 0.2) is 24.3 Å². The Morgan fingerprint density at radius 1 is 1.07 bits per heavy atom. The van der Waals surface area contributed by atoms with Gasteiger partial charge in [-0.1, -0.05) is 50.5 Å². The number of likely N-dealkylation sites (tertiary alicyclic amines) is 2. The van der Waals surface area contributed by atoms with Crippen LogP contribution in [-0.2, 0) is 17.8 Å². The minimum atomic E-state index is -0.251. The summed E-state index contributed by atoms with van der Waals surface area (Å²) in [6.45, 7) is 6.66. The lowest BCUT2D eigenvalue weighted by atomic mass is 9.71. The highest BCUT2D eigenvalue weighted by atomic mass is 16.3. The number of aliphatic hydroxyl groups is 1. The molecule has 0 bridgehead atoms. The van der Waals surface area contributed by atoms with Crippen LogP contribution in [-0.4, -0.2) is 53.1 Å². The fraction of sp³-hybridized carbons (Fsp3) is 0.720. The third-order valence-electron chi connectivity index (χ3n) is 7.62. The molecule has 1 aliphatic carbocycles. The van der Waals surface area contributed by atoms with Crippen LogP contribution < -0.4 is 0 Å². The minimum absolute atomic E-state index is 0.171. The van der Waals surface area contributed by atoms with Crippen LogP contribution in [0.25, 0.3) is 0 Å². The maximum atomic E-state index is 12.9.